The molecule has 0 aromatic carbocycles. The van der Waals surface area contributed by atoms with Crippen molar-refractivity contribution in [2.24, 2.45) is 0 Å². The Morgan fingerprint density at radius 2 is 1.38 bits per heavy atom. The van der Waals surface area contributed by atoms with E-state index in [1.165, 1.54) is 0 Å². The summed E-state index contributed by atoms with van der Waals surface area (Å²) in [7, 11) is 0. The average molecular weight is 232 g/mol. The topological polar surface area (TPSA) is 52.6 Å². The Bertz CT molecular complexity index is 178. The smallest absolute Gasteiger partial charge is 0.305 e. The zero-order valence-corrected chi connectivity index (χ0v) is 10.9. The van der Waals surface area contributed by atoms with Gasteiger partial charge in [-0.25, -0.2) is 0 Å². The van der Waals surface area contributed by atoms with E-state index >= 15 is 0 Å². The average Bonchev–Trinajstić information content (AvgIpc) is 2.30. The summed E-state index contributed by atoms with van der Waals surface area (Å²) in [6.07, 6.45) is 3.03. The first-order valence-electron chi connectivity index (χ1n) is 5.93. The second-order valence-corrected chi connectivity index (χ2v) is 3.09. The number of esters is 2. The third kappa shape index (κ3) is 15.4. The molecule has 0 radical (unpaired) electrons. The van der Waals surface area contributed by atoms with Crippen LogP contribution in [0.1, 0.15) is 53.4 Å². The molecule has 0 N–H and O–H groups in total. The number of carbonyl (C=O) groups is 2. The maximum atomic E-state index is 10.5. The lowest BCUT2D eigenvalue weighted by atomic mass is 10.4. The van der Waals surface area contributed by atoms with E-state index in [4.69, 9.17) is 4.74 Å². The molecule has 96 valence electrons. The lowest BCUT2D eigenvalue weighted by Crippen LogP contribution is -2.02. The van der Waals surface area contributed by atoms with Gasteiger partial charge in [-0.05, 0) is 13.3 Å². The van der Waals surface area contributed by atoms with Gasteiger partial charge in [0.05, 0.1) is 13.2 Å². The van der Waals surface area contributed by atoms with Crippen LogP contribution in [0.5, 0.6) is 0 Å². The first kappa shape index (κ1) is 17.3. The zero-order valence-electron chi connectivity index (χ0n) is 10.9. The summed E-state index contributed by atoms with van der Waals surface area (Å²) in [4.78, 5) is 20.7. The van der Waals surface area contributed by atoms with Gasteiger partial charge in [-0.1, -0.05) is 27.2 Å². The normalized spacial score (nSPS) is 8.75. The molecule has 0 unspecified atom stereocenters. The fraction of sp³-hybridized carbons (Fsp3) is 0.833. The van der Waals surface area contributed by atoms with Gasteiger partial charge >= 0.3 is 11.9 Å². The maximum absolute atomic E-state index is 10.5. The number of unbranched alkanes of at least 4 members (excludes halogenated alkanes) is 1. The van der Waals surface area contributed by atoms with Crippen molar-refractivity contribution in [1.29, 1.82) is 0 Å². The van der Waals surface area contributed by atoms with E-state index in [9.17, 15) is 9.59 Å². The molecule has 0 rings (SSSR count). The van der Waals surface area contributed by atoms with Crippen LogP contribution in [0, 0.1) is 0 Å². The lowest BCUT2D eigenvalue weighted by molar-refractivity contribution is -0.144. The van der Waals surface area contributed by atoms with Gasteiger partial charge in [-0.3, -0.25) is 9.59 Å². The molecule has 4 nitrogen and oxygen atoms in total. The van der Waals surface area contributed by atoms with Crippen LogP contribution in [-0.2, 0) is 19.1 Å². The Labute approximate surface area is 98.3 Å². The molecule has 0 aromatic heterocycles. The summed E-state index contributed by atoms with van der Waals surface area (Å²) >= 11 is 0. The van der Waals surface area contributed by atoms with Crippen molar-refractivity contribution < 1.29 is 19.1 Å². The summed E-state index contributed by atoms with van der Waals surface area (Å²) in [6, 6.07) is 0. The lowest BCUT2D eigenvalue weighted by Gasteiger charge is -1.99. The largest absolute Gasteiger partial charge is 0.466 e. The standard InChI is InChI=1S/C7H14O2.C5H10O2/c1-3-5-6-9-7(8)4-2;1-3-5(6)7-4-2/h3-6H2,1-2H3;3-4H2,1-2H3. The van der Waals surface area contributed by atoms with Crippen molar-refractivity contribution in [3.63, 3.8) is 0 Å². The third-order valence-electron chi connectivity index (χ3n) is 1.64. The number of hydrogen-bond donors (Lipinski definition) is 0. The van der Waals surface area contributed by atoms with Crippen LogP contribution in [0.2, 0.25) is 0 Å². The van der Waals surface area contributed by atoms with Gasteiger partial charge in [0.2, 0.25) is 0 Å². The van der Waals surface area contributed by atoms with Gasteiger partial charge in [0, 0.05) is 12.8 Å². The Kier molecular flexibility index (Phi) is 15.1. The molecule has 0 aliphatic rings. The van der Waals surface area contributed by atoms with E-state index < -0.39 is 0 Å². The molecule has 0 aromatic rings. The maximum Gasteiger partial charge on any atom is 0.305 e. The van der Waals surface area contributed by atoms with E-state index in [0.717, 1.165) is 12.8 Å². The second kappa shape index (κ2) is 13.9. The number of carbonyl (C=O) groups excluding carboxylic acids is 2. The molecule has 16 heavy (non-hydrogen) atoms. The Morgan fingerprint density at radius 1 is 0.875 bits per heavy atom. The van der Waals surface area contributed by atoms with Crippen LogP contribution in [0.25, 0.3) is 0 Å². The third-order valence-corrected chi connectivity index (χ3v) is 1.64. The summed E-state index contributed by atoms with van der Waals surface area (Å²) < 4.78 is 9.34. The van der Waals surface area contributed by atoms with E-state index in [1.807, 2.05) is 0 Å². The van der Waals surface area contributed by atoms with E-state index in [-0.39, 0.29) is 11.9 Å². The first-order valence-corrected chi connectivity index (χ1v) is 5.93. The van der Waals surface area contributed by atoms with Gasteiger partial charge in [0.25, 0.3) is 0 Å². The Balaban J connectivity index is 0. The van der Waals surface area contributed by atoms with Gasteiger partial charge in [-0.15, -0.1) is 0 Å². The molecule has 0 atom stereocenters. The molecule has 0 aliphatic carbocycles. The quantitative estimate of drug-likeness (QED) is 0.522. The van der Waals surface area contributed by atoms with Gasteiger partial charge in [0.1, 0.15) is 0 Å². The molecule has 0 amide bonds. The summed E-state index contributed by atoms with van der Waals surface area (Å²) in [6.45, 7) is 8.52. The zero-order chi connectivity index (χ0) is 12.8. The van der Waals surface area contributed by atoms with Gasteiger partial charge < -0.3 is 9.47 Å². The fourth-order valence-electron chi connectivity index (χ4n) is 0.695. The van der Waals surface area contributed by atoms with E-state index in [2.05, 4.69) is 11.7 Å². The van der Waals surface area contributed by atoms with Crippen molar-refractivity contribution in [3.05, 3.63) is 0 Å². The van der Waals surface area contributed by atoms with E-state index in [1.54, 1.807) is 20.8 Å². The number of rotatable bonds is 6. The summed E-state index contributed by atoms with van der Waals surface area (Å²) in [5, 5.41) is 0. The highest BCUT2D eigenvalue weighted by molar-refractivity contribution is 5.69. The summed E-state index contributed by atoms with van der Waals surface area (Å²) in [5.41, 5.74) is 0. The minimum absolute atomic E-state index is 0.0940. The molecule has 4 heteroatoms. The van der Waals surface area contributed by atoms with Crippen molar-refractivity contribution >= 4 is 11.9 Å². The van der Waals surface area contributed by atoms with Gasteiger partial charge in [0.15, 0.2) is 0 Å². The van der Waals surface area contributed by atoms with Crippen molar-refractivity contribution in [3.8, 4) is 0 Å². The molecule has 0 fully saturated rings. The molecular weight excluding hydrogens is 208 g/mol. The number of hydrogen-bond acceptors (Lipinski definition) is 4. The molecule has 0 bridgehead atoms. The van der Waals surface area contributed by atoms with Crippen LogP contribution in [0.3, 0.4) is 0 Å². The van der Waals surface area contributed by atoms with Crippen molar-refractivity contribution in [2.75, 3.05) is 13.2 Å². The molecular formula is C12H24O4. The Morgan fingerprint density at radius 3 is 1.69 bits per heavy atom. The first-order chi connectivity index (χ1) is 7.62. The monoisotopic (exact) mass is 232 g/mol. The molecule has 0 saturated heterocycles. The molecule has 0 heterocycles. The highest BCUT2D eigenvalue weighted by Gasteiger charge is 1.94. The van der Waals surface area contributed by atoms with Crippen LogP contribution in [-0.4, -0.2) is 25.2 Å². The van der Waals surface area contributed by atoms with Crippen LogP contribution in [0.4, 0.5) is 0 Å². The Hall–Kier alpha value is -1.06. The van der Waals surface area contributed by atoms with E-state index in [0.29, 0.717) is 26.1 Å². The minimum atomic E-state index is -0.123. The van der Waals surface area contributed by atoms with Crippen LogP contribution >= 0.6 is 0 Å². The predicted molar refractivity (Wildman–Crippen MR) is 63.1 cm³/mol. The highest BCUT2D eigenvalue weighted by atomic mass is 16.5. The van der Waals surface area contributed by atoms with Gasteiger partial charge in [-0.2, -0.15) is 0 Å². The predicted octanol–water partition coefficient (Wildman–Crippen LogP) is 2.70. The summed E-state index contributed by atoms with van der Waals surface area (Å²) in [5.74, 6) is -0.217. The second-order valence-electron chi connectivity index (χ2n) is 3.09. The van der Waals surface area contributed by atoms with Crippen molar-refractivity contribution in [1.82, 2.24) is 0 Å². The SMILES string of the molecule is CCCCOC(=O)CC.CCOC(=O)CC. The highest BCUT2D eigenvalue weighted by Crippen LogP contribution is 1.90. The minimum Gasteiger partial charge on any atom is -0.466 e. The van der Waals surface area contributed by atoms with Crippen LogP contribution in [0.15, 0.2) is 0 Å². The molecule has 0 aliphatic heterocycles. The van der Waals surface area contributed by atoms with Crippen LogP contribution < -0.4 is 0 Å². The molecule has 0 saturated carbocycles. The van der Waals surface area contributed by atoms with Crippen molar-refractivity contribution in [2.45, 2.75) is 53.4 Å². The fourth-order valence-corrected chi connectivity index (χ4v) is 0.695. The number of ether oxygens (including phenoxy) is 2. The molecule has 0 spiro atoms.